The molecule has 0 atom stereocenters. The lowest BCUT2D eigenvalue weighted by atomic mass is 10.1. The van der Waals surface area contributed by atoms with Gasteiger partial charge in [-0.3, -0.25) is 4.79 Å². The molecule has 0 aliphatic rings. The van der Waals surface area contributed by atoms with Crippen molar-refractivity contribution in [2.24, 2.45) is 0 Å². The Bertz CT molecular complexity index is 339. The number of aldehydes is 1. The fourth-order valence-corrected chi connectivity index (χ4v) is 0.979. The Kier molecular flexibility index (Phi) is 2.44. The Morgan fingerprint density at radius 3 is 2.92 bits per heavy atom. The average Bonchev–Trinajstić information content (AvgIpc) is 2.05. The summed E-state index contributed by atoms with van der Waals surface area (Å²) in [5.41, 5.74) is 7.28. The third kappa shape index (κ3) is 1.61. The van der Waals surface area contributed by atoms with Crippen molar-refractivity contribution in [3.63, 3.8) is 0 Å². The maximum absolute atomic E-state index is 10.5. The maximum Gasteiger partial charge on any atom is 0.150 e. The Hall–Kier alpha value is -1.82. The van der Waals surface area contributed by atoms with Gasteiger partial charge in [0.25, 0.3) is 0 Å². The summed E-state index contributed by atoms with van der Waals surface area (Å²) in [7, 11) is 0. The standard InChI is InChI=1S/C9H8N2O/c10-4-3-7-5-9(11)2-1-8(7)6-12/h1-2,5-6H,3,11H2. The molecule has 1 rings (SSSR count). The van der Waals surface area contributed by atoms with Crippen molar-refractivity contribution in [3.8, 4) is 6.07 Å². The van der Waals surface area contributed by atoms with E-state index in [9.17, 15) is 4.79 Å². The van der Waals surface area contributed by atoms with Crippen LogP contribution in [-0.4, -0.2) is 6.29 Å². The average molecular weight is 160 g/mol. The van der Waals surface area contributed by atoms with Crippen LogP contribution in [0.1, 0.15) is 15.9 Å². The topological polar surface area (TPSA) is 66.9 Å². The first kappa shape index (κ1) is 8.28. The first-order valence-corrected chi connectivity index (χ1v) is 3.48. The molecule has 0 saturated heterocycles. The van der Waals surface area contributed by atoms with E-state index in [1.165, 1.54) is 0 Å². The van der Waals surface area contributed by atoms with Crippen molar-refractivity contribution in [1.29, 1.82) is 5.26 Å². The van der Waals surface area contributed by atoms with E-state index in [4.69, 9.17) is 11.0 Å². The predicted molar refractivity (Wildman–Crippen MR) is 45.6 cm³/mol. The van der Waals surface area contributed by atoms with E-state index in [0.717, 1.165) is 6.29 Å². The lowest BCUT2D eigenvalue weighted by Crippen LogP contribution is -1.94. The quantitative estimate of drug-likeness (QED) is 0.521. The summed E-state index contributed by atoms with van der Waals surface area (Å²) in [6, 6.07) is 6.88. The number of hydrogen-bond acceptors (Lipinski definition) is 3. The summed E-state index contributed by atoms with van der Waals surface area (Å²) < 4.78 is 0. The minimum absolute atomic E-state index is 0.221. The highest BCUT2D eigenvalue weighted by atomic mass is 16.1. The molecule has 0 heterocycles. The summed E-state index contributed by atoms with van der Waals surface area (Å²) in [6.07, 6.45) is 0.950. The SMILES string of the molecule is N#CCc1cc(N)ccc1C=O. The van der Waals surface area contributed by atoms with E-state index >= 15 is 0 Å². The van der Waals surface area contributed by atoms with E-state index in [0.29, 0.717) is 16.8 Å². The molecule has 0 radical (unpaired) electrons. The van der Waals surface area contributed by atoms with Gasteiger partial charge in [0.05, 0.1) is 12.5 Å². The lowest BCUT2D eigenvalue weighted by molar-refractivity contribution is 0.112. The number of hydrogen-bond donors (Lipinski definition) is 1. The second-order valence-corrected chi connectivity index (χ2v) is 2.41. The highest BCUT2D eigenvalue weighted by molar-refractivity contribution is 5.78. The predicted octanol–water partition coefficient (Wildman–Crippen LogP) is 1.15. The zero-order valence-electron chi connectivity index (χ0n) is 6.45. The van der Waals surface area contributed by atoms with Crippen LogP contribution in [0, 0.1) is 11.3 Å². The number of anilines is 1. The van der Waals surface area contributed by atoms with Gasteiger partial charge >= 0.3 is 0 Å². The van der Waals surface area contributed by atoms with Crippen molar-refractivity contribution >= 4 is 12.0 Å². The van der Waals surface area contributed by atoms with Gasteiger partial charge in [-0.05, 0) is 23.8 Å². The van der Waals surface area contributed by atoms with E-state index in [-0.39, 0.29) is 6.42 Å². The Labute approximate surface area is 70.4 Å². The number of nitrogens with zero attached hydrogens (tertiary/aromatic N) is 1. The summed E-state index contributed by atoms with van der Waals surface area (Å²) in [4.78, 5) is 10.5. The zero-order valence-corrected chi connectivity index (χ0v) is 6.45. The van der Waals surface area contributed by atoms with Crippen LogP contribution < -0.4 is 5.73 Å². The van der Waals surface area contributed by atoms with Crippen LogP contribution in [0.3, 0.4) is 0 Å². The smallest absolute Gasteiger partial charge is 0.150 e. The summed E-state index contributed by atoms with van der Waals surface area (Å²) in [5, 5.41) is 8.42. The number of carbonyl (C=O) groups excluding carboxylic acids is 1. The van der Waals surface area contributed by atoms with E-state index < -0.39 is 0 Å². The number of carbonyl (C=O) groups is 1. The minimum atomic E-state index is 0.221. The highest BCUT2D eigenvalue weighted by Gasteiger charge is 2.00. The molecule has 0 aliphatic carbocycles. The number of nitrogens with two attached hydrogens (primary N) is 1. The molecule has 0 amide bonds. The van der Waals surface area contributed by atoms with Crippen LogP contribution in [0.25, 0.3) is 0 Å². The summed E-state index contributed by atoms with van der Waals surface area (Å²) in [6.45, 7) is 0. The summed E-state index contributed by atoms with van der Waals surface area (Å²) >= 11 is 0. The minimum Gasteiger partial charge on any atom is -0.399 e. The highest BCUT2D eigenvalue weighted by Crippen LogP contribution is 2.11. The first-order valence-electron chi connectivity index (χ1n) is 3.48. The van der Waals surface area contributed by atoms with Crippen LogP contribution in [0.2, 0.25) is 0 Å². The number of nitriles is 1. The second-order valence-electron chi connectivity index (χ2n) is 2.41. The molecule has 0 spiro atoms. The zero-order chi connectivity index (χ0) is 8.97. The molecular formula is C9H8N2O. The van der Waals surface area contributed by atoms with E-state index in [1.54, 1.807) is 18.2 Å². The molecule has 0 bridgehead atoms. The van der Waals surface area contributed by atoms with Crippen molar-refractivity contribution < 1.29 is 4.79 Å². The molecule has 0 saturated carbocycles. The van der Waals surface area contributed by atoms with Gasteiger partial charge in [0.1, 0.15) is 6.29 Å². The summed E-state index contributed by atoms with van der Waals surface area (Å²) in [5.74, 6) is 0. The van der Waals surface area contributed by atoms with Crippen LogP contribution >= 0.6 is 0 Å². The fraction of sp³-hybridized carbons (Fsp3) is 0.111. The molecule has 60 valence electrons. The van der Waals surface area contributed by atoms with E-state index in [1.807, 2.05) is 6.07 Å². The molecule has 0 fully saturated rings. The molecule has 0 aliphatic heterocycles. The van der Waals surface area contributed by atoms with Crippen LogP contribution in [0.4, 0.5) is 5.69 Å². The molecule has 3 nitrogen and oxygen atoms in total. The first-order chi connectivity index (χ1) is 5.77. The number of benzene rings is 1. The normalized spacial score (nSPS) is 8.92. The molecule has 0 unspecified atom stereocenters. The maximum atomic E-state index is 10.5. The van der Waals surface area contributed by atoms with Crippen LogP contribution in [0.15, 0.2) is 18.2 Å². The largest absolute Gasteiger partial charge is 0.399 e. The van der Waals surface area contributed by atoms with Crippen molar-refractivity contribution in [2.45, 2.75) is 6.42 Å². The third-order valence-electron chi connectivity index (χ3n) is 1.56. The molecule has 1 aromatic rings. The van der Waals surface area contributed by atoms with Gasteiger partial charge in [-0.25, -0.2) is 0 Å². The monoisotopic (exact) mass is 160 g/mol. The number of rotatable bonds is 2. The lowest BCUT2D eigenvalue weighted by Gasteiger charge is -2.00. The molecule has 0 aromatic heterocycles. The van der Waals surface area contributed by atoms with Gasteiger partial charge in [0.15, 0.2) is 0 Å². The Balaban J connectivity index is 3.14. The van der Waals surface area contributed by atoms with Gasteiger partial charge in [-0.15, -0.1) is 0 Å². The Morgan fingerprint density at radius 2 is 2.33 bits per heavy atom. The van der Waals surface area contributed by atoms with Gasteiger partial charge in [0, 0.05) is 11.3 Å². The van der Waals surface area contributed by atoms with Crippen LogP contribution in [-0.2, 0) is 6.42 Å². The molecule has 3 heteroatoms. The van der Waals surface area contributed by atoms with Gasteiger partial charge in [-0.1, -0.05) is 0 Å². The Morgan fingerprint density at radius 1 is 1.58 bits per heavy atom. The van der Waals surface area contributed by atoms with Crippen molar-refractivity contribution in [3.05, 3.63) is 29.3 Å². The third-order valence-corrected chi connectivity index (χ3v) is 1.56. The van der Waals surface area contributed by atoms with Gasteiger partial charge < -0.3 is 5.73 Å². The molecule has 12 heavy (non-hydrogen) atoms. The second kappa shape index (κ2) is 3.54. The molecule has 1 aromatic carbocycles. The van der Waals surface area contributed by atoms with Gasteiger partial charge in [0.2, 0.25) is 0 Å². The van der Waals surface area contributed by atoms with Gasteiger partial charge in [-0.2, -0.15) is 5.26 Å². The van der Waals surface area contributed by atoms with E-state index in [2.05, 4.69) is 0 Å². The van der Waals surface area contributed by atoms with Crippen LogP contribution in [0.5, 0.6) is 0 Å². The fourth-order valence-electron chi connectivity index (χ4n) is 0.979. The number of nitrogen functional groups attached to an aromatic ring is 1. The van der Waals surface area contributed by atoms with Crippen molar-refractivity contribution in [1.82, 2.24) is 0 Å². The van der Waals surface area contributed by atoms with Crippen molar-refractivity contribution in [2.75, 3.05) is 5.73 Å². The molecular weight excluding hydrogens is 152 g/mol. The molecule has 2 N–H and O–H groups in total.